The van der Waals surface area contributed by atoms with Crippen LogP contribution in [-0.4, -0.2) is 10.6 Å². The van der Waals surface area contributed by atoms with Crippen LogP contribution in [0.5, 0.6) is 0 Å². The fourth-order valence-corrected chi connectivity index (χ4v) is 2.19. The lowest BCUT2D eigenvalue weighted by molar-refractivity contribution is -0.384. The molecular weight excluding hydrogens is 204 g/mol. The topological polar surface area (TPSA) is 67.0 Å². The van der Waals surface area contributed by atoms with Crippen LogP contribution in [0.25, 0.3) is 0 Å². The summed E-state index contributed by atoms with van der Waals surface area (Å²) in [6.07, 6.45) is 1.62. The van der Waals surface area contributed by atoms with Crippen molar-refractivity contribution in [1.29, 1.82) is 5.41 Å². The summed E-state index contributed by atoms with van der Waals surface area (Å²) >= 11 is 0. The summed E-state index contributed by atoms with van der Waals surface area (Å²) < 4.78 is 0. The second-order valence-electron chi connectivity index (χ2n) is 4.85. The minimum Gasteiger partial charge on any atom is -0.305 e. The molecule has 0 fully saturated rings. The molecule has 0 amide bonds. The maximum absolute atomic E-state index is 10.7. The molecule has 84 valence electrons. The highest BCUT2D eigenvalue weighted by Gasteiger charge is 2.30. The van der Waals surface area contributed by atoms with Crippen LogP contribution < -0.4 is 0 Å². The Morgan fingerprint density at radius 1 is 1.44 bits per heavy atom. The Kier molecular flexibility index (Phi) is 2.30. The van der Waals surface area contributed by atoms with Crippen molar-refractivity contribution < 1.29 is 4.92 Å². The predicted octanol–water partition coefficient (Wildman–Crippen LogP) is 3.03. The van der Waals surface area contributed by atoms with E-state index in [1.807, 2.05) is 0 Å². The van der Waals surface area contributed by atoms with Crippen LogP contribution in [0.4, 0.5) is 5.69 Å². The second kappa shape index (κ2) is 3.40. The Balaban J connectivity index is 2.60. The van der Waals surface area contributed by atoms with E-state index in [2.05, 4.69) is 13.8 Å². The molecule has 0 bridgehead atoms. The Bertz CT molecular complexity index is 478. The van der Waals surface area contributed by atoms with Crippen LogP contribution in [-0.2, 0) is 5.41 Å². The van der Waals surface area contributed by atoms with Gasteiger partial charge in [-0.2, -0.15) is 0 Å². The minimum atomic E-state index is -0.408. The van der Waals surface area contributed by atoms with Gasteiger partial charge in [0, 0.05) is 23.4 Å². The van der Waals surface area contributed by atoms with E-state index in [0.717, 1.165) is 17.5 Å². The fourth-order valence-electron chi connectivity index (χ4n) is 2.19. The van der Waals surface area contributed by atoms with Gasteiger partial charge in [0.15, 0.2) is 0 Å². The summed E-state index contributed by atoms with van der Waals surface area (Å²) in [7, 11) is 0. The molecule has 1 aliphatic carbocycles. The zero-order valence-corrected chi connectivity index (χ0v) is 9.41. The molecule has 4 nitrogen and oxygen atoms in total. The number of hydrogen-bond donors (Lipinski definition) is 1. The van der Waals surface area contributed by atoms with Crippen molar-refractivity contribution in [2.45, 2.75) is 32.1 Å². The molecule has 0 heterocycles. The molecule has 0 aliphatic heterocycles. The smallest absolute Gasteiger partial charge is 0.270 e. The van der Waals surface area contributed by atoms with E-state index in [0.29, 0.717) is 12.1 Å². The van der Waals surface area contributed by atoms with Gasteiger partial charge in [-0.3, -0.25) is 10.1 Å². The summed E-state index contributed by atoms with van der Waals surface area (Å²) in [5.74, 6) is 0. The lowest BCUT2D eigenvalue weighted by Crippen LogP contribution is -2.27. The van der Waals surface area contributed by atoms with Crippen LogP contribution in [0.1, 0.15) is 37.8 Å². The average molecular weight is 218 g/mol. The lowest BCUT2D eigenvalue weighted by Gasteiger charge is -2.32. The molecule has 1 aromatic carbocycles. The van der Waals surface area contributed by atoms with E-state index in [1.54, 1.807) is 6.07 Å². The van der Waals surface area contributed by atoms with Gasteiger partial charge in [-0.1, -0.05) is 19.9 Å². The van der Waals surface area contributed by atoms with Crippen molar-refractivity contribution in [2.24, 2.45) is 0 Å². The summed E-state index contributed by atoms with van der Waals surface area (Å²) in [4.78, 5) is 10.3. The Morgan fingerprint density at radius 2 is 2.12 bits per heavy atom. The van der Waals surface area contributed by atoms with E-state index in [1.165, 1.54) is 12.1 Å². The third-order valence-corrected chi connectivity index (χ3v) is 3.27. The average Bonchev–Trinajstić information content (AvgIpc) is 2.23. The monoisotopic (exact) mass is 218 g/mol. The van der Waals surface area contributed by atoms with Gasteiger partial charge < -0.3 is 5.41 Å². The van der Waals surface area contributed by atoms with Crippen LogP contribution in [0.2, 0.25) is 0 Å². The van der Waals surface area contributed by atoms with E-state index in [9.17, 15) is 10.1 Å². The molecule has 0 unspecified atom stereocenters. The van der Waals surface area contributed by atoms with Crippen LogP contribution in [0.15, 0.2) is 18.2 Å². The van der Waals surface area contributed by atoms with Gasteiger partial charge in [-0.15, -0.1) is 0 Å². The molecule has 1 aliphatic rings. The number of benzene rings is 1. The van der Waals surface area contributed by atoms with Gasteiger partial charge in [0.2, 0.25) is 0 Å². The van der Waals surface area contributed by atoms with Gasteiger partial charge in [0.25, 0.3) is 5.69 Å². The first-order chi connectivity index (χ1) is 7.42. The maximum atomic E-state index is 10.7. The molecule has 1 aromatic rings. The number of non-ortho nitro benzene ring substituents is 1. The van der Waals surface area contributed by atoms with Crippen molar-refractivity contribution in [1.82, 2.24) is 0 Å². The molecule has 2 rings (SSSR count). The highest BCUT2D eigenvalue weighted by Crippen LogP contribution is 2.37. The molecular formula is C12H14N2O2. The first-order valence-corrected chi connectivity index (χ1v) is 5.28. The molecule has 16 heavy (non-hydrogen) atoms. The zero-order valence-electron chi connectivity index (χ0n) is 9.41. The summed E-state index contributed by atoms with van der Waals surface area (Å²) in [5, 5.41) is 18.6. The normalized spacial score (nSPS) is 18.0. The van der Waals surface area contributed by atoms with Gasteiger partial charge in [-0.05, 0) is 23.8 Å². The van der Waals surface area contributed by atoms with Gasteiger partial charge in [0.05, 0.1) is 4.92 Å². The van der Waals surface area contributed by atoms with Crippen molar-refractivity contribution in [3.05, 3.63) is 39.4 Å². The second-order valence-corrected chi connectivity index (χ2v) is 4.85. The lowest BCUT2D eigenvalue weighted by atomic mass is 9.72. The third kappa shape index (κ3) is 1.60. The van der Waals surface area contributed by atoms with Gasteiger partial charge in [-0.25, -0.2) is 0 Å². The number of fused-ring (bicyclic) bond motifs is 1. The number of nitro groups is 1. The number of nitrogens with zero attached hydrogens (tertiary/aromatic N) is 1. The number of nitro benzene ring substituents is 1. The Morgan fingerprint density at radius 3 is 2.75 bits per heavy atom. The van der Waals surface area contributed by atoms with Crippen LogP contribution >= 0.6 is 0 Å². The first-order valence-electron chi connectivity index (χ1n) is 5.28. The maximum Gasteiger partial charge on any atom is 0.270 e. The third-order valence-electron chi connectivity index (χ3n) is 3.27. The quantitative estimate of drug-likeness (QED) is 0.581. The standard InChI is InChI=1S/C12H14N2O2/c1-12(2)6-5-11(13)9-7-8(14(15)16)3-4-10(9)12/h3-4,7,13H,5-6H2,1-2H3. The van der Waals surface area contributed by atoms with E-state index in [4.69, 9.17) is 5.41 Å². The molecule has 0 saturated carbocycles. The first kappa shape index (κ1) is 10.8. The molecule has 0 radical (unpaired) electrons. The van der Waals surface area contributed by atoms with Crippen LogP contribution in [0.3, 0.4) is 0 Å². The Hall–Kier alpha value is -1.71. The zero-order chi connectivity index (χ0) is 11.9. The minimum absolute atomic E-state index is 0.00894. The molecule has 0 saturated heterocycles. The van der Waals surface area contributed by atoms with Crippen LogP contribution in [0, 0.1) is 15.5 Å². The molecule has 1 N–H and O–H groups in total. The largest absolute Gasteiger partial charge is 0.305 e. The summed E-state index contributed by atoms with van der Waals surface area (Å²) in [5.41, 5.74) is 2.38. The molecule has 0 atom stereocenters. The molecule has 0 spiro atoms. The Labute approximate surface area is 94.0 Å². The van der Waals surface area contributed by atoms with Crippen molar-refractivity contribution in [3.8, 4) is 0 Å². The van der Waals surface area contributed by atoms with Gasteiger partial charge in [0.1, 0.15) is 0 Å². The van der Waals surface area contributed by atoms with Gasteiger partial charge >= 0.3 is 0 Å². The van der Waals surface area contributed by atoms with Crippen molar-refractivity contribution >= 4 is 11.4 Å². The predicted molar refractivity (Wildman–Crippen MR) is 62.2 cm³/mol. The van der Waals surface area contributed by atoms with Crippen molar-refractivity contribution in [2.75, 3.05) is 0 Å². The summed E-state index contributed by atoms with van der Waals surface area (Å²) in [6, 6.07) is 4.85. The fraction of sp³-hybridized carbons (Fsp3) is 0.417. The van der Waals surface area contributed by atoms with E-state index >= 15 is 0 Å². The summed E-state index contributed by atoms with van der Waals surface area (Å²) in [6.45, 7) is 4.23. The van der Waals surface area contributed by atoms with E-state index in [-0.39, 0.29) is 11.1 Å². The molecule has 4 heteroatoms. The number of nitrogens with one attached hydrogen (secondary N) is 1. The SMILES string of the molecule is CC1(C)CCC(=N)c2cc([N+](=O)[O-])ccc21. The number of rotatable bonds is 1. The van der Waals surface area contributed by atoms with E-state index < -0.39 is 4.92 Å². The highest BCUT2D eigenvalue weighted by molar-refractivity contribution is 6.01. The highest BCUT2D eigenvalue weighted by atomic mass is 16.6. The van der Waals surface area contributed by atoms with Crippen molar-refractivity contribution in [3.63, 3.8) is 0 Å². The number of hydrogen-bond acceptors (Lipinski definition) is 3. The molecule has 0 aromatic heterocycles.